The Balaban J connectivity index is 1.58. The Morgan fingerprint density at radius 1 is 1.20 bits per heavy atom. The van der Waals surface area contributed by atoms with Gasteiger partial charge in [-0.3, -0.25) is 9.69 Å². The number of nitrogens with zero attached hydrogens (tertiary/aromatic N) is 3. The van der Waals surface area contributed by atoms with E-state index < -0.39 is 18.0 Å². The average molecular weight is 412 g/mol. The van der Waals surface area contributed by atoms with Crippen LogP contribution in [0, 0.1) is 11.6 Å². The minimum Gasteiger partial charge on any atom is -0.442 e. The van der Waals surface area contributed by atoms with Gasteiger partial charge in [-0.05, 0) is 48.5 Å². The summed E-state index contributed by atoms with van der Waals surface area (Å²) >= 11 is 0. The van der Waals surface area contributed by atoms with E-state index in [-0.39, 0.29) is 30.5 Å². The highest BCUT2D eigenvalue weighted by Gasteiger charge is 2.32. The van der Waals surface area contributed by atoms with Gasteiger partial charge in [0.15, 0.2) is 5.82 Å². The molecule has 0 bridgehead atoms. The smallest absolute Gasteiger partial charge is 0.414 e. The molecule has 0 aliphatic carbocycles. The molecular formula is C21H18F2N4O3. The maximum Gasteiger partial charge on any atom is 0.414 e. The van der Waals surface area contributed by atoms with Crippen molar-refractivity contribution in [2.45, 2.75) is 13.0 Å². The lowest BCUT2D eigenvalue weighted by Gasteiger charge is -2.15. The molecule has 2 amide bonds. The number of nitrogens with one attached hydrogen (secondary N) is 1. The Kier molecular flexibility index (Phi) is 5.18. The quantitative estimate of drug-likeness (QED) is 0.698. The van der Waals surface area contributed by atoms with Crippen molar-refractivity contribution in [3.05, 3.63) is 66.4 Å². The van der Waals surface area contributed by atoms with E-state index in [1.807, 2.05) is 0 Å². The second-order valence-electron chi connectivity index (χ2n) is 6.82. The number of benzene rings is 2. The number of cyclic esters (lactones) is 1. The standard InChI is InChI=1S/C21H18F2N4O3/c1-13(28)24-11-17-12-26(21(29)30-17)16-6-7-20(18(23)10-16)27-19(8-9-25-27)14-2-4-15(22)5-3-14/h2-10,17H,11-12H2,1H3,(H,24,28). The molecule has 1 aliphatic rings. The van der Waals surface area contributed by atoms with Crippen molar-refractivity contribution in [3.8, 4) is 16.9 Å². The van der Waals surface area contributed by atoms with Gasteiger partial charge >= 0.3 is 6.09 Å². The third-order valence-electron chi connectivity index (χ3n) is 4.71. The lowest BCUT2D eigenvalue weighted by molar-refractivity contribution is -0.119. The fourth-order valence-corrected chi connectivity index (χ4v) is 3.27. The van der Waals surface area contributed by atoms with Gasteiger partial charge in [-0.25, -0.2) is 18.3 Å². The SMILES string of the molecule is CC(=O)NCC1CN(c2ccc(-n3nccc3-c3ccc(F)cc3)c(F)c2)C(=O)O1. The molecule has 30 heavy (non-hydrogen) atoms. The van der Waals surface area contributed by atoms with E-state index in [1.54, 1.807) is 24.3 Å². The van der Waals surface area contributed by atoms with E-state index in [9.17, 15) is 18.4 Å². The van der Waals surface area contributed by atoms with Crippen LogP contribution in [-0.4, -0.2) is 41.0 Å². The van der Waals surface area contributed by atoms with Crippen molar-refractivity contribution in [1.29, 1.82) is 0 Å². The minimum absolute atomic E-state index is 0.186. The summed E-state index contributed by atoms with van der Waals surface area (Å²) in [5.74, 6) is -1.18. The van der Waals surface area contributed by atoms with Crippen molar-refractivity contribution >= 4 is 17.7 Å². The number of amides is 2. The molecule has 1 unspecified atom stereocenters. The lowest BCUT2D eigenvalue weighted by Crippen LogP contribution is -2.33. The van der Waals surface area contributed by atoms with Crippen molar-refractivity contribution in [3.63, 3.8) is 0 Å². The fraction of sp³-hybridized carbons (Fsp3) is 0.190. The van der Waals surface area contributed by atoms with E-state index in [4.69, 9.17) is 4.74 Å². The minimum atomic E-state index is -0.608. The van der Waals surface area contributed by atoms with Gasteiger partial charge in [0.2, 0.25) is 5.91 Å². The number of hydrogen-bond donors (Lipinski definition) is 1. The molecule has 1 saturated heterocycles. The van der Waals surface area contributed by atoms with Gasteiger partial charge in [-0.2, -0.15) is 5.10 Å². The zero-order valence-corrected chi connectivity index (χ0v) is 16.0. The van der Waals surface area contributed by atoms with Crippen LogP contribution in [-0.2, 0) is 9.53 Å². The number of anilines is 1. The van der Waals surface area contributed by atoms with Crippen LogP contribution in [0.25, 0.3) is 16.9 Å². The topological polar surface area (TPSA) is 76.5 Å². The first-order valence-corrected chi connectivity index (χ1v) is 9.25. The third kappa shape index (κ3) is 3.86. The summed E-state index contributed by atoms with van der Waals surface area (Å²) in [5.41, 5.74) is 1.80. The maximum absolute atomic E-state index is 14.9. The normalized spacial score (nSPS) is 15.9. The van der Waals surface area contributed by atoms with Crippen LogP contribution >= 0.6 is 0 Å². The predicted molar refractivity (Wildman–Crippen MR) is 105 cm³/mol. The van der Waals surface area contributed by atoms with Crippen LogP contribution < -0.4 is 10.2 Å². The summed E-state index contributed by atoms with van der Waals surface area (Å²) in [6, 6.07) is 11.9. The molecule has 1 aliphatic heterocycles. The summed E-state index contributed by atoms with van der Waals surface area (Å²) in [6.45, 7) is 1.76. The summed E-state index contributed by atoms with van der Waals surface area (Å²) in [5, 5.41) is 6.77. The molecule has 1 N–H and O–H groups in total. The van der Waals surface area contributed by atoms with Gasteiger partial charge in [0.25, 0.3) is 0 Å². The zero-order chi connectivity index (χ0) is 21.3. The van der Waals surface area contributed by atoms with Gasteiger partial charge in [0.1, 0.15) is 17.6 Å². The fourth-order valence-electron chi connectivity index (χ4n) is 3.27. The molecule has 1 atom stereocenters. The van der Waals surface area contributed by atoms with Crippen LogP contribution in [0.4, 0.5) is 19.3 Å². The van der Waals surface area contributed by atoms with Gasteiger partial charge < -0.3 is 10.1 Å². The molecule has 2 heterocycles. The first kappa shape index (κ1) is 19.6. The Morgan fingerprint density at radius 2 is 1.97 bits per heavy atom. The monoisotopic (exact) mass is 412 g/mol. The first-order valence-electron chi connectivity index (χ1n) is 9.25. The molecule has 0 spiro atoms. The average Bonchev–Trinajstić information content (AvgIpc) is 3.33. The first-order chi connectivity index (χ1) is 14.4. The molecule has 3 aromatic rings. The Labute approximate surface area is 170 Å². The number of carbonyl (C=O) groups is 2. The van der Waals surface area contributed by atoms with Crippen LogP contribution in [0.2, 0.25) is 0 Å². The number of halogens is 2. The Hall–Kier alpha value is -3.75. The molecule has 7 nitrogen and oxygen atoms in total. The van der Waals surface area contributed by atoms with Crippen LogP contribution in [0.3, 0.4) is 0 Å². The largest absolute Gasteiger partial charge is 0.442 e. The molecular weight excluding hydrogens is 394 g/mol. The van der Waals surface area contributed by atoms with E-state index in [0.29, 0.717) is 16.9 Å². The highest BCUT2D eigenvalue weighted by atomic mass is 19.1. The number of aromatic nitrogens is 2. The molecule has 0 radical (unpaired) electrons. The van der Waals surface area contributed by atoms with Crippen molar-refractivity contribution < 1.29 is 23.1 Å². The van der Waals surface area contributed by atoms with Crippen LogP contribution in [0.15, 0.2) is 54.7 Å². The number of ether oxygens (including phenoxy) is 1. The molecule has 4 rings (SSSR count). The van der Waals surface area contributed by atoms with Gasteiger partial charge in [-0.15, -0.1) is 0 Å². The Bertz CT molecular complexity index is 1100. The van der Waals surface area contributed by atoms with E-state index in [1.165, 1.54) is 47.0 Å². The van der Waals surface area contributed by atoms with Crippen LogP contribution in [0.5, 0.6) is 0 Å². The predicted octanol–water partition coefficient (Wildman–Crippen LogP) is 3.28. The third-order valence-corrected chi connectivity index (χ3v) is 4.71. The summed E-state index contributed by atoms with van der Waals surface area (Å²) in [4.78, 5) is 24.5. The lowest BCUT2D eigenvalue weighted by atomic mass is 10.1. The molecule has 154 valence electrons. The zero-order valence-electron chi connectivity index (χ0n) is 16.0. The van der Waals surface area contributed by atoms with E-state index in [2.05, 4.69) is 10.4 Å². The Morgan fingerprint density at radius 3 is 2.67 bits per heavy atom. The van der Waals surface area contributed by atoms with E-state index >= 15 is 0 Å². The van der Waals surface area contributed by atoms with Crippen molar-refractivity contribution in [1.82, 2.24) is 15.1 Å². The van der Waals surface area contributed by atoms with Crippen molar-refractivity contribution in [2.75, 3.05) is 18.0 Å². The molecule has 9 heteroatoms. The summed E-state index contributed by atoms with van der Waals surface area (Å²) in [7, 11) is 0. The maximum atomic E-state index is 14.9. The highest BCUT2D eigenvalue weighted by molar-refractivity contribution is 5.90. The molecule has 1 fully saturated rings. The van der Waals surface area contributed by atoms with Crippen LogP contribution in [0.1, 0.15) is 6.92 Å². The molecule has 0 saturated carbocycles. The summed E-state index contributed by atoms with van der Waals surface area (Å²) in [6.07, 6.45) is 0.403. The number of carbonyl (C=O) groups excluding carboxylic acids is 2. The van der Waals surface area contributed by atoms with Crippen molar-refractivity contribution in [2.24, 2.45) is 0 Å². The van der Waals surface area contributed by atoms with E-state index in [0.717, 1.165) is 0 Å². The highest BCUT2D eigenvalue weighted by Crippen LogP contribution is 2.28. The summed E-state index contributed by atoms with van der Waals surface area (Å²) < 4.78 is 34.8. The second-order valence-corrected chi connectivity index (χ2v) is 6.82. The second kappa shape index (κ2) is 7.94. The molecule has 1 aromatic heterocycles. The van der Waals surface area contributed by atoms with Gasteiger partial charge in [0, 0.05) is 12.5 Å². The molecule has 2 aromatic carbocycles. The number of rotatable bonds is 5. The van der Waals surface area contributed by atoms with Gasteiger partial charge in [-0.1, -0.05) is 0 Å². The van der Waals surface area contributed by atoms with Gasteiger partial charge in [0.05, 0.1) is 30.7 Å². The number of hydrogen-bond acceptors (Lipinski definition) is 4.